The van der Waals surface area contributed by atoms with Gasteiger partial charge in [0.25, 0.3) is 0 Å². The molecular weight excluding hydrogens is 248 g/mol. The molecule has 1 aliphatic carbocycles. The van der Waals surface area contributed by atoms with Crippen molar-refractivity contribution < 1.29 is 8.42 Å². The molecule has 0 amide bonds. The molecule has 0 bridgehead atoms. The van der Waals surface area contributed by atoms with E-state index in [0.717, 1.165) is 25.9 Å². The van der Waals surface area contributed by atoms with Gasteiger partial charge >= 0.3 is 0 Å². The highest BCUT2D eigenvalue weighted by molar-refractivity contribution is 7.90. The predicted octanol–water partition coefficient (Wildman–Crippen LogP) is 1.67. The van der Waals surface area contributed by atoms with Crippen molar-refractivity contribution in [1.82, 2.24) is 9.21 Å². The van der Waals surface area contributed by atoms with Crippen molar-refractivity contribution in [3.05, 3.63) is 0 Å². The Morgan fingerprint density at radius 3 is 2.17 bits per heavy atom. The summed E-state index contributed by atoms with van der Waals surface area (Å²) in [5, 5.41) is 0. The summed E-state index contributed by atoms with van der Waals surface area (Å²) in [6, 6.07) is 0.580. The number of hydrogen-bond acceptors (Lipinski definition) is 3. The molecule has 5 heteroatoms. The first-order valence-electron chi connectivity index (χ1n) is 7.14. The lowest BCUT2D eigenvalue weighted by molar-refractivity contribution is 0.138. The minimum Gasteiger partial charge on any atom is -0.298 e. The molecule has 0 aromatic rings. The largest absolute Gasteiger partial charge is 0.298 e. The Labute approximate surface area is 111 Å². The fourth-order valence-corrected chi connectivity index (χ4v) is 4.62. The summed E-state index contributed by atoms with van der Waals surface area (Å²) in [5.74, 6) is 0. The lowest BCUT2D eigenvalue weighted by Crippen LogP contribution is -2.53. The van der Waals surface area contributed by atoms with Crippen LogP contribution in [-0.4, -0.2) is 54.6 Å². The average molecular weight is 274 g/mol. The molecule has 1 saturated heterocycles. The van der Waals surface area contributed by atoms with Crippen LogP contribution >= 0.6 is 0 Å². The maximum atomic E-state index is 12.4. The third-order valence-electron chi connectivity index (χ3n) is 4.52. The van der Waals surface area contributed by atoms with E-state index in [1.54, 1.807) is 4.31 Å². The minimum absolute atomic E-state index is 0.440. The van der Waals surface area contributed by atoms with Gasteiger partial charge in [-0.05, 0) is 33.1 Å². The summed E-state index contributed by atoms with van der Waals surface area (Å²) in [7, 11) is -3.04. The summed E-state index contributed by atoms with van der Waals surface area (Å²) in [6.45, 7) is 9.44. The molecule has 4 nitrogen and oxygen atoms in total. The van der Waals surface area contributed by atoms with Gasteiger partial charge in [0.1, 0.15) is 0 Å². The molecule has 1 heterocycles. The lowest BCUT2D eigenvalue weighted by atomic mass is 10.1. The van der Waals surface area contributed by atoms with E-state index in [9.17, 15) is 8.42 Å². The highest BCUT2D eigenvalue weighted by atomic mass is 32.2. The Hall–Kier alpha value is -0.130. The SMILES string of the molecule is CCCC(C)N1CCN(S(=O)(=O)C2(C)CC2)CC1. The van der Waals surface area contributed by atoms with E-state index in [1.807, 2.05) is 6.92 Å². The van der Waals surface area contributed by atoms with E-state index < -0.39 is 14.8 Å². The van der Waals surface area contributed by atoms with Crippen LogP contribution in [0.15, 0.2) is 0 Å². The normalized spacial score (nSPS) is 27.1. The fraction of sp³-hybridized carbons (Fsp3) is 1.00. The van der Waals surface area contributed by atoms with Crippen LogP contribution in [0.5, 0.6) is 0 Å². The summed E-state index contributed by atoms with van der Waals surface area (Å²) in [6.07, 6.45) is 4.06. The molecule has 1 atom stereocenters. The standard InChI is InChI=1S/C13H26N2O2S/c1-4-5-12(2)14-8-10-15(11-9-14)18(16,17)13(3)6-7-13/h12H,4-11H2,1-3H3. The van der Waals surface area contributed by atoms with Crippen LogP contribution in [0.4, 0.5) is 0 Å². The van der Waals surface area contributed by atoms with E-state index in [4.69, 9.17) is 0 Å². The van der Waals surface area contributed by atoms with Gasteiger partial charge in [0.2, 0.25) is 10.0 Å². The molecule has 2 rings (SSSR count). The van der Waals surface area contributed by atoms with Crippen LogP contribution in [0.3, 0.4) is 0 Å². The fourth-order valence-electron chi connectivity index (χ4n) is 2.73. The summed E-state index contributed by atoms with van der Waals surface area (Å²) >= 11 is 0. The van der Waals surface area contributed by atoms with Gasteiger partial charge in [-0.25, -0.2) is 8.42 Å². The Kier molecular flexibility index (Phi) is 4.04. The molecule has 0 radical (unpaired) electrons. The zero-order valence-corrected chi connectivity index (χ0v) is 12.7. The average Bonchev–Trinajstić information content (AvgIpc) is 3.09. The molecule has 0 aromatic heterocycles. The molecular formula is C13H26N2O2S. The van der Waals surface area contributed by atoms with Gasteiger partial charge in [0, 0.05) is 32.2 Å². The van der Waals surface area contributed by atoms with Crippen LogP contribution in [-0.2, 0) is 10.0 Å². The zero-order valence-electron chi connectivity index (χ0n) is 11.9. The lowest BCUT2D eigenvalue weighted by Gasteiger charge is -2.38. The molecule has 2 aliphatic rings. The van der Waals surface area contributed by atoms with Crippen molar-refractivity contribution in [2.24, 2.45) is 0 Å². The van der Waals surface area contributed by atoms with Crippen LogP contribution < -0.4 is 0 Å². The zero-order chi connectivity index (χ0) is 13.4. The van der Waals surface area contributed by atoms with E-state index in [-0.39, 0.29) is 0 Å². The number of rotatable bonds is 5. The molecule has 1 saturated carbocycles. The van der Waals surface area contributed by atoms with E-state index in [1.165, 1.54) is 12.8 Å². The molecule has 106 valence electrons. The number of hydrogen-bond donors (Lipinski definition) is 0. The van der Waals surface area contributed by atoms with Crippen molar-refractivity contribution in [2.75, 3.05) is 26.2 Å². The molecule has 0 aromatic carbocycles. The highest BCUT2D eigenvalue weighted by Gasteiger charge is 2.52. The van der Waals surface area contributed by atoms with Crippen LogP contribution in [0.25, 0.3) is 0 Å². The maximum absolute atomic E-state index is 12.4. The topological polar surface area (TPSA) is 40.6 Å². The van der Waals surface area contributed by atoms with Crippen molar-refractivity contribution in [3.63, 3.8) is 0 Å². The third kappa shape index (κ3) is 2.58. The Bertz CT molecular complexity index is 382. The second-order valence-electron chi connectivity index (χ2n) is 6.03. The monoisotopic (exact) mass is 274 g/mol. The van der Waals surface area contributed by atoms with Crippen LogP contribution in [0.2, 0.25) is 0 Å². The molecule has 0 N–H and O–H groups in total. The van der Waals surface area contributed by atoms with Crippen LogP contribution in [0, 0.1) is 0 Å². The van der Waals surface area contributed by atoms with Crippen molar-refractivity contribution >= 4 is 10.0 Å². The molecule has 0 spiro atoms. The molecule has 18 heavy (non-hydrogen) atoms. The number of nitrogens with zero attached hydrogens (tertiary/aromatic N) is 2. The Morgan fingerprint density at radius 1 is 1.17 bits per heavy atom. The summed E-state index contributed by atoms with van der Waals surface area (Å²) < 4.78 is 26.0. The van der Waals surface area contributed by atoms with E-state index in [0.29, 0.717) is 19.1 Å². The number of sulfonamides is 1. The molecule has 1 aliphatic heterocycles. The van der Waals surface area contributed by atoms with Gasteiger partial charge < -0.3 is 0 Å². The highest BCUT2D eigenvalue weighted by Crippen LogP contribution is 2.44. The predicted molar refractivity (Wildman–Crippen MR) is 74.1 cm³/mol. The van der Waals surface area contributed by atoms with Gasteiger partial charge in [0.05, 0.1) is 4.75 Å². The van der Waals surface area contributed by atoms with Crippen molar-refractivity contribution in [1.29, 1.82) is 0 Å². The van der Waals surface area contributed by atoms with E-state index >= 15 is 0 Å². The van der Waals surface area contributed by atoms with Gasteiger partial charge in [0.15, 0.2) is 0 Å². The number of piperazine rings is 1. The van der Waals surface area contributed by atoms with Crippen molar-refractivity contribution in [3.8, 4) is 0 Å². The summed E-state index contributed by atoms with van der Waals surface area (Å²) in [4.78, 5) is 2.42. The Morgan fingerprint density at radius 2 is 1.72 bits per heavy atom. The van der Waals surface area contributed by atoms with Gasteiger partial charge in [-0.1, -0.05) is 13.3 Å². The van der Waals surface area contributed by atoms with Gasteiger partial charge in [-0.2, -0.15) is 4.31 Å². The van der Waals surface area contributed by atoms with Gasteiger partial charge in [-0.3, -0.25) is 4.90 Å². The van der Waals surface area contributed by atoms with Crippen LogP contribution in [0.1, 0.15) is 46.5 Å². The Balaban J connectivity index is 1.91. The smallest absolute Gasteiger partial charge is 0.219 e. The summed E-state index contributed by atoms with van der Waals surface area (Å²) in [5.41, 5.74) is 0. The quantitative estimate of drug-likeness (QED) is 0.766. The minimum atomic E-state index is -3.04. The second kappa shape index (κ2) is 5.10. The van der Waals surface area contributed by atoms with E-state index in [2.05, 4.69) is 18.7 Å². The first kappa shape index (κ1) is 14.3. The second-order valence-corrected chi connectivity index (χ2v) is 8.48. The maximum Gasteiger partial charge on any atom is 0.219 e. The first-order chi connectivity index (χ1) is 8.40. The van der Waals surface area contributed by atoms with Gasteiger partial charge in [-0.15, -0.1) is 0 Å². The van der Waals surface area contributed by atoms with Crippen molar-refractivity contribution in [2.45, 2.75) is 57.2 Å². The first-order valence-corrected chi connectivity index (χ1v) is 8.58. The molecule has 1 unspecified atom stereocenters. The third-order valence-corrected chi connectivity index (χ3v) is 7.22. The molecule has 2 fully saturated rings.